The van der Waals surface area contributed by atoms with Crippen molar-refractivity contribution in [2.24, 2.45) is 0 Å². The average molecular weight is 414 g/mol. The number of fused-ring (bicyclic) bond motifs is 1. The zero-order chi connectivity index (χ0) is 21.6. The lowest BCUT2D eigenvalue weighted by Gasteiger charge is -2.11. The van der Waals surface area contributed by atoms with Crippen molar-refractivity contribution in [2.75, 3.05) is 14.2 Å². The van der Waals surface area contributed by atoms with Crippen LogP contribution in [0.5, 0.6) is 5.75 Å². The number of aromatic nitrogens is 1. The van der Waals surface area contributed by atoms with Crippen molar-refractivity contribution in [2.45, 2.75) is 25.7 Å². The fourth-order valence-corrected chi connectivity index (χ4v) is 4.00. The predicted molar refractivity (Wildman–Crippen MR) is 124 cm³/mol. The molecule has 0 atom stereocenters. The molecule has 0 saturated heterocycles. The van der Waals surface area contributed by atoms with E-state index in [0.717, 1.165) is 35.4 Å². The number of rotatable bonds is 8. The third-order valence-electron chi connectivity index (χ3n) is 5.67. The Morgan fingerprint density at radius 2 is 1.61 bits per heavy atom. The van der Waals surface area contributed by atoms with Gasteiger partial charge in [-0.1, -0.05) is 48.5 Å². The van der Waals surface area contributed by atoms with Gasteiger partial charge in [0.2, 0.25) is 0 Å². The van der Waals surface area contributed by atoms with Gasteiger partial charge in [-0.2, -0.15) is 0 Å². The van der Waals surface area contributed by atoms with E-state index in [1.165, 1.54) is 23.6 Å². The highest BCUT2D eigenvalue weighted by Crippen LogP contribution is 2.31. The first kappa shape index (κ1) is 20.7. The summed E-state index contributed by atoms with van der Waals surface area (Å²) in [4.78, 5) is 11.6. The van der Waals surface area contributed by atoms with Gasteiger partial charge in [0.1, 0.15) is 5.75 Å². The van der Waals surface area contributed by atoms with E-state index < -0.39 is 0 Å². The molecule has 0 spiro atoms. The summed E-state index contributed by atoms with van der Waals surface area (Å²) in [7, 11) is 3.13. The zero-order valence-corrected chi connectivity index (χ0v) is 18.0. The number of hydrogen-bond acceptors (Lipinski definition) is 3. The molecule has 0 bridgehead atoms. The summed E-state index contributed by atoms with van der Waals surface area (Å²) < 4.78 is 12.6. The molecule has 0 fully saturated rings. The van der Waals surface area contributed by atoms with Gasteiger partial charge in [-0.3, -0.25) is 4.79 Å². The van der Waals surface area contributed by atoms with E-state index in [9.17, 15) is 4.79 Å². The number of aryl methyl sites for hydroxylation is 3. The Kier molecular flexibility index (Phi) is 6.37. The Bertz CT molecular complexity index is 1180. The highest BCUT2D eigenvalue weighted by molar-refractivity contribution is 5.87. The largest absolute Gasteiger partial charge is 0.495 e. The van der Waals surface area contributed by atoms with Gasteiger partial charge in [-0.15, -0.1) is 0 Å². The van der Waals surface area contributed by atoms with Gasteiger partial charge in [0.05, 0.1) is 25.4 Å². The van der Waals surface area contributed by atoms with E-state index in [-0.39, 0.29) is 5.97 Å². The lowest BCUT2D eigenvalue weighted by Crippen LogP contribution is -2.02. The normalized spacial score (nSPS) is 10.9. The van der Waals surface area contributed by atoms with E-state index >= 15 is 0 Å². The molecule has 31 heavy (non-hydrogen) atoms. The van der Waals surface area contributed by atoms with Crippen molar-refractivity contribution in [3.8, 4) is 11.4 Å². The van der Waals surface area contributed by atoms with Crippen LogP contribution in [-0.4, -0.2) is 24.8 Å². The number of hydrogen-bond donors (Lipinski definition) is 0. The van der Waals surface area contributed by atoms with E-state index in [4.69, 9.17) is 9.47 Å². The van der Waals surface area contributed by atoms with Crippen molar-refractivity contribution in [3.63, 3.8) is 0 Å². The van der Waals surface area contributed by atoms with Crippen molar-refractivity contribution >= 4 is 16.9 Å². The number of benzene rings is 3. The molecular formula is C27H27NO3. The van der Waals surface area contributed by atoms with Gasteiger partial charge in [0.25, 0.3) is 0 Å². The molecule has 4 aromatic rings. The maximum absolute atomic E-state index is 11.6. The second-order valence-electron chi connectivity index (χ2n) is 7.61. The second-order valence-corrected chi connectivity index (χ2v) is 7.61. The number of para-hydroxylation sites is 2. The minimum atomic E-state index is -0.184. The van der Waals surface area contributed by atoms with Crippen LogP contribution in [0.15, 0.2) is 79.0 Å². The van der Waals surface area contributed by atoms with Crippen molar-refractivity contribution < 1.29 is 14.3 Å². The summed E-state index contributed by atoms with van der Waals surface area (Å²) in [6, 6.07) is 25.1. The highest BCUT2D eigenvalue weighted by atomic mass is 16.5. The van der Waals surface area contributed by atoms with E-state index in [1.807, 2.05) is 24.3 Å². The van der Waals surface area contributed by atoms with E-state index in [0.29, 0.717) is 12.8 Å². The number of carbonyl (C=O) groups is 1. The van der Waals surface area contributed by atoms with Crippen LogP contribution in [0.3, 0.4) is 0 Å². The molecule has 0 unspecified atom stereocenters. The summed E-state index contributed by atoms with van der Waals surface area (Å²) in [5, 5.41) is 1.21. The molecule has 0 amide bonds. The Hall–Kier alpha value is -3.53. The van der Waals surface area contributed by atoms with Crippen LogP contribution in [0.1, 0.15) is 23.1 Å². The Morgan fingerprint density at radius 1 is 0.839 bits per heavy atom. The molecule has 0 aliphatic rings. The summed E-state index contributed by atoms with van der Waals surface area (Å²) in [6.45, 7) is 0. The van der Waals surface area contributed by atoms with Crippen LogP contribution in [0.4, 0.5) is 0 Å². The summed E-state index contributed by atoms with van der Waals surface area (Å²) in [5.74, 6) is 0.653. The monoisotopic (exact) mass is 413 g/mol. The second kappa shape index (κ2) is 9.52. The average Bonchev–Trinajstić information content (AvgIpc) is 3.19. The van der Waals surface area contributed by atoms with Crippen molar-refractivity contribution in [1.29, 1.82) is 0 Å². The third-order valence-corrected chi connectivity index (χ3v) is 5.67. The smallest absolute Gasteiger partial charge is 0.305 e. The van der Waals surface area contributed by atoms with Crippen LogP contribution in [0.25, 0.3) is 16.6 Å². The lowest BCUT2D eigenvalue weighted by atomic mass is 10.0. The first-order valence-electron chi connectivity index (χ1n) is 10.6. The maximum atomic E-state index is 11.6. The molecule has 4 heteroatoms. The van der Waals surface area contributed by atoms with Gasteiger partial charge in [-0.25, -0.2) is 0 Å². The van der Waals surface area contributed by atoms with Gasteiger partial charge < -0.3 is 14.0 Å². The Morgan fingerprint density at radius 3 is 2.39 bits per heavy atom. The molecule has 4 rings (SSSR count). The van der Waals surface area contributed by atoms with Crippen LogP contribution in [0.2, 0.25) is 0 Å². The van der Waals surface area contributed by atoms with Gasteiger partial charge in [-0.05, 0) is 60.2 Å². The van der Waals surface area contributed by atoms with Crippen molar-refractivity contribution in [1.82, 2.24) is 4.57 Å². The molecule has 0 aliphatic heterocycles. The summed E-state index contributed by atoms with van der Waals surface area (Å²) >= 11 is 0. The Balaban J connectivity index is 1.74. The van der Waals surface area contributed by atoms with Gasteiger partial charge >= 0.3 is 5.97 Å². The van der Waals surface area contributed by atoms with Gasteiger partial charge in [0, 0.05) is 18.0 Å². The molecule has 0 N–H and O–H groups in total. The van der Waals surface area contributed by atoms with Crippen LogP contribution >= 0.6 is 0 Å². The molecule has 0 saturated carbocycles. The maximum Gasteiger partial charge on any atom is 0.305 e. The molecule has 3 aromatic carbocycles. The standard InChI is InChI=1S/C27H27NO3/c1-30-26-11-7-6-10-25(26)28-19-22(15-12-20-8-4-3-5-9-20)23-18-21(13-16-24(23)28)14-17-27(29)31-2/h3-11,13,16,18-19H,12,14-15,17H2,1-2H3. The quantitative estimate of drug-likeness (QED) is 0.357. The van der Waals surface area contributed by atoms with E-state index in [1.54, 1.807) is 7.11 Å². The number of methoxy groups -OCH3 is 2. The predicted octanol–water partition coefficient (Wildman–Crippen LogP) is 5.53. The number of carbonyl (C=O) groups excluding carboxylic acids is 1. The van der Waals surface area contributed by atoms with Crippen molar-refractivity contribution in [3.05, 3.63) is 95.7 Å². The molecule has 4 nitrogen and oxygen atoms in total. The molecule has 158 valence electrons. The molecule has 1 heterocycles. The number of nitrogens with zero attached hydrogens (tertiary/aromatic N) is 1. The summed E-state index contributed by atoms with van der Waals surface area (Å²) in [5.41, 5.74) is 5.89. The minimum absolute atomic E-state index is 0.184. The lowest BCUT2D eigenvalue weighted by molar-refractivity contribution is -0.140. The number of esters is 1. The third kappa shape index (κ3) is 4.64. The van der Waals surface area contributed by atoms with E-state index in [2.05, 4.69) is 59.3 Å². The first-order chi connectivity index (χ1) is 15.2. The highest BCUT2D eigenvalue weighted by Gasteiger charge is 2.14. The fraction of sp³-hybridized carbons (Fsp3) is 0.222. The SMILES string of the molecule is COC(=O)CCc1ccc2c(c1)c(CCc1ccccc1)cn2-c1ccccc1OC. The topological polar surface area (TPSA) is 40.5 Å². The van der Waals surface area contributed by atoms with Crippen LogP contribution in [-0.2, 0) is 28.8 Å². The summed E-state index contributed by atoms with van der Waals surface area (Å²) in [6.07, 6.45) is 5.17. The molecule has 0 radical (unpaired) electrons. The van der Waals surface area contributed by atoms with Crippen LogP contribution < -0.4 is 4.74 Å². The van der Waals surface area contributed by atoms with Gasteiger partial charge in [0.15, 0.2) is 0 Å². The first-order valence-corrected chi connectivity index (χ1v) is 10.6. The minimum Gasteiger partial charge on any atom is -0.495 e. The Labute approximate surface area is 183 Å². The molecular weight excluding hydrogens is 386 g/mol. The zero-order valence-electron chi connectivity index (χ0n) is 18.0. The molecule has 1 aromatic heterocycles. The number of ether oxygens (including phenoxy) is 2. The van der Waals surface area contributed by atoms with Crippen LogP contribution in [0, 0.1) is 0 Å². The fourth-order valence-electron chi connectivity index (χ4n) is 4.00. The molecule has 0 aliphatic carbocycles.